The number of ketones is 1. The van der Waals surface area contributed by atoms with E-state index in [4.69, 9.17) is 4.74 Å². The molecule has 1 heterocycles. The summed E-state index contributed by atoms with van der Waals surface area (Å²) in [7, 11) is 0. The van der Waals surface area contributed by atoms with Crippen LogP contribution in [0, 0.1) is 0 Å². The molecule has 1 aliphatic rings. The van der Waals surface area contributed by atoms with Gasteiger partial charge in [-0.3, -0.25) is 4.79 Å². The summed E-state index contributed by atoms with van der Waals surface area (Å²) in [6.07, 6.45) is 5.91. The van der Waals surface area contributed by atoms with Crippen LogP contribution in [0.1, 0.15) is 31.2 Å². The van der Waals surface area contributed by atoms with E-state index < -0.39 is 0 Å². The van der Waals surface area contributed by atoms with Crippen LogP contribution >= 0.6 is 15.9 Å². The number of nitrogens with one attached hydrogen (secondary N) is 1. The largest absolute Gasteiger partial charge is 0.388 e. The molecule has 2 rings (SSSR count). The van der Waals surface area contributed by atoms with Crippen LogP contribution in [-0.2, 0) is 9.53 Å². The molecule has 20 heavy (non-hydrogen) atoms. The summed E-state index contributed by atoms with van der Waals surface area (Å²) in [6, 6.07) is 8.34. The van der Waals surface area contributed by atoms with Crippen LogP contribution in [0.4, 0.5) is 0 Å². The Bertz CT molecular complexity index is 464. The molecule has 0 amide bonds. The van der Waals surface area contributed by atoms with Crippen LogP contribution in [0.2, 0.25) is 0 Å². The minimum Gasteiger partial charge on any atom is -0.388 e. The summed E-state index contributed by atoms with van der Waals surface area (Å²) >= 11 is 3.41. The fourth-order valence-electron chi connectivity index (χ4n) is 2.30. The van der Waals surface area contributed by atoms with E-state index in [0.29, 0.717) is 6.04 Å². The lowest BCUT2D eigenvalue weighted by molar-refractivity contribution is -0.117. The maximum absolute atomic E-state index is 11.8. The van der Waals surface area contributed by atoms with Crippen molar-refractivity contribution in [3.05, 3.63) is 46.6 Å². The summed E-state index contributed by atoms with van der Waals surface area (Å²) < 4.78 is 6.34. The van der Waals surface area contributed by atoms with Gasteiger partial charge in [0.15, 0.2) is 0 Å². The summed E-state index contributed by atoms with van der Waals surface area (Å²) in [5, 5.41) is 3.37. The monoisotopic (exact) mass is 337 g/mol. The molecule has 1 saturated heterocycles. The second-order valence-electron chi connectivity index (χ2n) is 5.05. The highest BCUT2D eigenvalue weighted by Crippen LogP contribution is 2.21. The van der Waals surface area contributed by atoms with Gasteiger partial charge in [0.2, 0.25) is 0 Å². The zero-order valence-electron chi connectivity index (χ0n) is 11.6. The van der Waals surface area contributed by atoms with E-state index in [1.165, 1.54) is 0 Å². The maximum Gasteiger partial charge on any atom is 0.141 e. The molecular weight excluding hydrogens is 318 g/mol. The average molecular weight is 338 g/mol. The first-order chi connectivity index (χ1) is 9.66. The normalized spacial score (nSPS) is 18.1. The Morgan fingerprint density at radius 3 is 2.60 bits per heavy atom. The van der Waals surface area contributed by atoms with Crippen LogP contribution < -0.4 is 5.32 Å². The van der Waals surface area contributed by atoms with Gasteiger partial charge in [-0.25, -0.2) is 0 Å². The van der Waals surface area contributed by atoms with E-state index in [1.54, 1.807) is 6.92 Å². The molecule has 0 bridgehead atoms. The molecule has 1 aromatic rings. The van der Waals surface area contributed by atoms with Crippen LogP contribution in [0.3, 0.4) is 0 Å². The number of carbonyl (C=O) groups is 1. The molecule has 1 atom stereocenters. The lowest BCUT2D eigenvalue weighted by Gasteiger charge is -2.22. The lowest BCUT2D eigenvalue weighted by atomic mass is 9.95. The Hall–Kier alpha value is -1.13. The van der Waals surface area contributed by atoms with Gasteiger partial charge in [0.05, 0.1) is 5.92 Å². The lowest BCUT2D eigenvalue weighted by Crippen LogP contribution is -2.31. The fraction of sp³-hybridized carbons (Fsp3) is 0.438. The van der Waals surface area contributed by atoms with E-state index in [0.717, 1.165) is 36.1 Å². The fourth-order valence-corrected chi connectivity index (χ4v) is 2.57. The number of rotatable bonds is 5. The molecular formula is C16H20BrNO2. The molecule has 1 N–H and O–H groups in total. The molecule has 1 fully saturated rings. The van der Waals surface area contributed by atoms with Crippen LogP contribution in [0.15, 0.2) is 41.0 Å². The topological polar surface area (TPSA) is 38.3 Å². The van der Waals surface area contributed by atoms with Gasteiger partial charge in [-0.05, 0) is 43.7 Å². The molecule has 0 saturated carbocycles. The smallest absolute Gasteiger partial charge is 0.141 e. The summed E-state index contributed by atoms with van der Waals surface area (Å²) in [5.41, 5.74) is 1.02. The summed E-state index contributed by atoms with van der Waals surface area (Å²) in [4.78, 5) is 11.8. The zero-order valence-corrected chi connectivity index (χ0v) is 13.2. The van der Waals surface area contributed by atoms with E-state index in [2.05, 4.69) is 21.2 Å². The number of hydrogen-bond acceptors (Lipinski definition) is 3. The van der Waals surface area contributed by atoms with Crippen molar-refractivity contribution in [3.8, 4) is 0 Å². The van der Waals surface area contributed by atoms with Crippen molar-refractivity contribution in [2.45, 2.75) is 31.7 Å². The zero-order chi connectivity index (χ0) is 14.4. The molecule has 108 valence electrons. The van der Waals surface area contributed by atoms with Crippen molar-refractivity contribution in [1.82, 2.24) is 5.32 Å². The van der Waals surface area contributed by atoms with Gasteiger partial charge in [-0.2, -0.15) is 0 Å². The summed E-state index contributed by atoms with van der Waals surface area (Å²) in [5.74, 6) is -0.0345. The Balaban J connectivity index is 1.98. The van der Waals surface area contributed by atoms with Gasteiger partial charge < -0.3 is 10.1 Å². The van der Waals surface area contributed by atoms with Crippen molar-refractivity contribution < 1.29 is 9.53 Å². The molecule has 1 unspecified atom stereocenters. The van der Waals surface area contributed by atoms with Gasteiger partial charge in [-0.15, -0.1) is 0 Å². The van der Waals surface area contributed by atoms with E-state index in [1.807, 2.05) is 36.5 Å². The highest BCUT2D eigenvalue weighted by molar-refractivity contribution is 9.10. The van der Waals surface area contributed by atoms with Crippen molar-refractivity contribution in [2.24, 2.45) is 0 Å². The first kappa shape index (κ1) is 15.3. The van der Waals surface area contributed by atoms with Crippen LogP contribution in [-0.4, -0.2) is 25.0 Å². The third-order valence-corrected chi connectivity index (χ3v) is 4.04. The molecule has 0 aliphatic carbocycles. The van der Waals surface area contributed by atoms with E-state index in [9.17, 15) is 4.79 Å². The number of carbonyl (C=O) groups excluding carboxylic acids is 1. The number of halogens is 1. The third-order valence-electron chi connectivity index (χ3n) is 3.51. The first-order valence-electron chi connectivity index (χ1n) is 6.93. The SMILES string of the molecule is CC(=O)C(C=CNC1CCOCC1)c1ccc(Br)cc1. The van der Waals surface area contributed by atoms with Crippen LogP contribution in [0.5, 0.6) is 0 Å². The highest BCUT2D eigenvalue weighted by Gasteiger charge is 2.14. The second kappa shape index (κ2) is 7.60. The molecule has 1 aromatic carbocycles. The molecule has 0 radical (unpaired) electrons. The molecule has 4 heteroatoms. The first-order valence-corrected chi connectivity index (χ1v) is 7.72. The van der Waals surface area contributed by atoms with Crippen molar-refractivity contribution >= 4 is 21.7 Å². The van der Waals surface area contributed by atoms with Gasteiger partial charge in [0, 0.05) is 23.7 Å². The average Bonchev–Trinajstić information content (AvgIpc) is 2.46. The number of Topliss-reactive ketones (excluding diaryl/α,β-unsaturated/α-hetero) is 1. The predicted octanol–water partition coefficient (Wildman–Crippen LogP) is 3.40. The standard InChI is InChI=1S/C16H20BrNO2/c1-12(19)16(13-2-4-14(17)5-3-13)6-9-18-15-7-10-20-11-8-15/h2-6,9,15-16,18H,7-8,10-11H2,1H3. The van der Waals surface area contributed by atoms with E-state index in [-0.39, 0.29) is 11.7 Å². The molecule has 3 nitrogen and oxygen atoms in total. The van der Waals surface area contributed by atoms with Crippen molar-refractivity contribution in [2.75, 3.05) is 13.2 Å². The summed E-state index contributed by atoms with van der Waals surface area (Å²) in [6.45, 7) is 3.26. The number of ether oxygens (including phenoxy) is 1. The third kappa shape index (κ3) is 4.46. The van der Waals surface area contributed by atoms with Crippen LogP contribution in [0.25, 0.3) is 0 Å². The molecule has 0 aromatic heterocycles. The molecule has 0 spiro atoms. The van der Waals surface area contributed by atoms with Gasteiger partial charge in [0.25, 0.3) is 0 Å². The number of benzene rings is 1. The van der Waals surface area contributed by atoms with E-state index >= 15 is 0 Å². The Labute approximate surface area is 128 Å². The maximum atomic E-state index is 11.8. The quantitative estimate of drug-likeness (QED) is 0.894. The number of allylic oxidation sites excluding steroid dienone is 1. The minimum absolute atomic E-state index is 0.150. The predicted molar refractivity (Wildman–Crippen MR) is 83.7 cm³/mol. The van der Waals surface area contributed by atoms with Gasteiger partial charge in [-0.1, -0.05) is 34.1 Å². The van der Waals surface area contributed by atoms with Gasteiger partial charge in [0.1, 0.15) is 5.78 Å². The number of hydrogen-bond donors (Lipinski definition) is 1. The second-order valence-corrected chi connectivity index (χ2v) is 5.97. The molecule has 1 aliphatic heterocycles. The highest BCUT2D eigenvalue weighted by atomic mass is 79.9. The Kier molecular flexibility index (Phi) is 5.80. The Morgan fingerprint density at radius 1 is 1.35 bits per heavy atom. The van der Waals surface area contributed by atoms with Crippen molar-refractivity contribution in [3.63, 3.8) is 0 Å². The van der Waals surface area contributed by atoms with Gasteiger partial charge >= 0.3 is 0 Å². The van der Waals surface area contributed by atoms with Crippen molar-refractivity contribution in [1.29, 1.82) is 0 Å². The minimum atomic E-state index is -0.185. The Morgan fingerprint density at radius 2 is 2.00 bits per heavy atom.